The minimum Gasteiger partial charge on any atom is -0.366 e. The fourth-order valence-electron chi connectivity index (χ4n) is 3.22. The molecule has 0 spiro atoms. The van der Waals surface area contributed by atoms with Gasteiger partial charge in [0.15, 0.2) is 0 Å². The number of hydrogen-bond acceptors (Lipinski definition) is 4. The van der Waals surface area contributed by atoms with E-state index in [1.54, 1.807) is 6.20 Å². The van der Waals surface area contributed by atoms with Crippen molar-refractivity contribution >= 4 is 22.5 Å². The number of carbonyl (C=O) groups is 1. The zero-order valence-corrected chi connectivity index (χ0v) is 14.5. The van der Waals surface area contributed by atoms with Crippen LogP contribution in [0.3, 0.4) is 0 Å². The largest absolute Gasteiger partial charge is 0.366 e. The second-order valence-electron chi connectivity index (χ2n) is 6.48. The third-order valence-electron chi connectivity index (χ3n) is 4.56. The monoisotopic (exact) mass is 347 g/mol. The van der Waals surface area contributed by atoms with Crippen LogP contribution in [-0.4, -0.2) is 41.6 Å². The summed E-state index contributed by atoms with van der Waals surface area (Å²) in [5.41, 5.74) is 2.92. The van der Waals surface area contributed by atoms with Crippen LogP contribution in [0.2, 0.25) is 0 Å². The number of anilines is 1. The Balaban J connectivity index is 1.40. The summed E-state index contributed by atoms with van der Waals surface area (Å²) in [5, 5.41) is 3.97. The molecule has 5 heteroatoms. The molecule has 0 bridgehead atoms. The van der Waals surface area contributed by atoms with Crippen molar-refractivity contribution in [2.45, 2.75) is 12.6 Å². The lowest BCUT2D eigenvalue weighted by Gasteiger charge is -2.32. The topological polar surface area (TPSA) is 54.5 Å². The summed E-state index contributed by atoms with van der Waals surface area (Å²) in [4.78, 5) is 19.2. The van der Waals surface area contributed by atoms with E-state index in [9.17, 15) is 4.79 Å². The van der Waals surface area contributed by atoms with Crippen molar-refractivity contribution < 1.29 is 9.53 Å². The Hall–Kier alpha value is -2.76. The lowest BCUT2D eigenvalue weighted by molar-refractivity contribution is -0.133. The van der Waals surface area contributed by atoms with Crippen molar-refractivity contribution in [2.75, 3.05) is 25.0 Å². The Morgan fingerprint density at radius 1 is 1.15 bits per heavy atom. The molecule has 1 unspecified atom stereocenters. The first-order valence-electron chi connectivity index (χ1n) is 8.81. The summed E-state index contributed by atoms with van der Waals surface area (Å²) >= 11 is 0. The van der Waals surface area contributed by atoms with E-state index in [1.807, 2.05) is 48.5 Å². The van der Waals surface area contributed by atoms with Crippen LogP contribution >= 0.6 is 0 Å². The first-order chi connectivity index (χ1) is 12.8. The summed E-state index contributed by atoms with van der Waals surface area (Å²) in [6.07, 6.45) is 1.30. The molecule has 1 saturated heterocycles. The highest BCUT2D eigenvalue weighted by atomic mass is 16.5. The summed E-state index contributed by atoms with van der Waals surface area (Å²) in [5.74, 6) is -0.106. The number of carbonyl (C=O) groups excluding carboxylic acids is 1. The molecule has 1 aliphatic heterocycles. The fourth-order valence-corrected chi connectivity index (χ4v) is 3.22. The van der Waals surface area contributed by atoms with Crippen molar-refractivity contribution in [1.82, 2.24) is 9.88 Å². The molecule has 0 radical (unpaired) electrons. The lowest BCUT2D eigenvalue weighted by atomic mass is 10.1. The van der Waals surface area contributed by atoms with Crippen molar-refractivity contribution in [3.8, 4) is 0 Å². The van der Waals surface area contributed by atoms with Crippen molar-refractivity contribution in [3.63, 3.8) is 0 Å². The first-order valence-corrected chi connectivity index (χ1v) is 8.81. The number of amides is 1. The van der Waals surface area contributed by atoms with Crippen LogP contribution in [-0.2, 0) is 16.1 Å². The minimum absolute atomic E-state index is 0.106. The molecule has 5 nitrogen and oxygen atoms in total. The fraction of sp³-hybridized carbons (Fsp3) is 0.238. The summed E-state index contributed by atoms with van der Waals surface area (Å²) in [6.45, 7) is 2.82. The first kappa shape index (κ1) is 16.7. The normalized spacial score (nSPS) is 17.9. The molecule has 4 rings (SSSR count). The van der Waals surface area contributed by atoms with Crippen LogP contribution in [0.4, 0.5) is 5.69 Å². The Morgan fingerprint density at radius 3 is 2.92 bits per heavy atom. The van der Waals surface area contributed by atoms with Gasteiger partial charge in [0, 0.05) is 36.9 Å². The second kappa shape index (κ2) is 7.64. The number of ether oxygens (including phenoxy) is 1. The van der Waals surface area contributed by atoms with Crippen LogP contribution in [0.5, 0.6) is 0 Å². The van der Waals surface area contributed by atoms with Crippen molar-refractivity contribution in [1.29, 1.82) is 0 Å². The van der Waals surface area contributed by atoms with E-state index in [-0.39, 0.29) is 5.91 Å². The van der Waals surface area contributed by atoms with Gasteiger partial charge in [0.1, 0.15) is 6.10 Å². The SMILES string of the molecule is O=C(Nc1ccc2ncccc2c1)C1CN(Cc2ccccc2)CCO1. The smallest absolute Gasteiger partial charge is 0.254 e. The minimum atomic E-state index is -0.461. The molecule has 2 heterocycles. The molecular formula is C21H21N3O2. The Kier molecular flexibility index (Phi) is 4.91. The zero-order valence-electron chi connectivity index (χ0n) is 14.5. The average Bonchev–Trinajstić information content (AvgIpc) is 2.69. The third-order valence-corrected chi connectivity index (χ3v) is 4.56. The highest BCUT2D eigenvalue weighted by Crippen LogP contribution is 2.18. The molecule has 1 N–H and O–H groups in total. The molecule has 1 amide bonds. The van der Waals surface area contributed by atoms with Gasteiger partial charge in [-0.15, -0.1) is 0 Å². The van der Waals surface area contributed by atoms with Crippen molar-refractivity contribution in [3.05, 3.63) is 72.4 Å². The maximum absolute atomic E-state index is 12.6. The van der Waals surface area contributed by atoms with Gasteiger partial charge in [-0.05, 0) is 29.8 Å². The average molecular weight is 347 g/mol. The molecular weight excluding hydrogens is 326 g/mol. The van der Waals surface area contributed by atoms with Crippen LogP contribution < -0.4 is 5.32 Å². The number of benzene rings is 2. The van der Waals surface area contributed by atoms with E-state index in [0.717, 1.165) is 29.7 Å². The van der Waals surface area contributed by atoms with E-state index in [0.29, 0.717) is 13.2 Å². The van der Waals surface area contributed by atoms with E-state index >= 15 is 0 Å². The number of nitrogens with one attached hydrogen (secondary N) is 1. The van der Waals surface area contributed by atoms with Gasteiger partial charge >= 0.3 is 0 Å². The van der Waals surface area contributed by atoms with Gasteiger partial charge in [-0.3, -0.25) is 14.7 Å². The summed E-state index contributed by atoms with van der Waals surface area (Å²) in [6, 6.07) is 19.9. The number of rotatable bonds is 4. The number of aromatic nitrogens is 1. The van der Waals surface area contributed by atoms with E-state index in [1.165, 1.54) is 5.56 Å². The standard InChI is InChI=1S/C21H21N3O2/c25-21(23-18-8-9-19-17(13-18)7-4-10-22-19)20-15-24(11-12-26-20)14-16-5-2-1-3-6-16/h1-10,13,20H,11-12,14-15H2,(H,23,25). The highest BCUT2D eigenvalue weighted by molar-refractivity contribution is 5.96. The quantitative estimate of drug-likeness (QED) is 0.788. The lowest BCUT2D eigenvalue weighted by Crippen LogP contribution is -2.47. The van der Waals surface area contributed by atoms with Gasteiger partial charge in [-0.25, -0.2) is 0 Å². The molecule has 1 aromatic heterocycles. The number of morpholine rings is 1. The van der Waals surface area contributed by atoms with E-state index < -0.39 is 6.10 Å². The van der Waals surface area contributed by atoms with Gasteiger partial charge in [0.2, 0.25) is 0 Å². The van der Waals surface area contributed by atoms with Crippen LogP contribution in [0, 0.1) is 0 Å². The Morgan fingerprint density at radius 2 is 2.04 bits per heavy atom. The van der Waals surface area contributed by atoms with Crippen molar-refractivity contribution in [2.24, 2.45) is 0 Å². The molecule has 3 aromatic rings. The third kappa shape index (κ3) is 3.90. The maximum atomic E-state index is 12.6. The molecule has 1 aliphatic rings. The molecule has 1 fully saturated rings. The highest BCUT2D eigenvalue weighted by Gasteiger charge is 2.26. The summed E-state index contributed by atoms with van der Waals surface area (Å²) in [7, 11) is 0. The zero-order chi connectivity index (χ0) is 17.8. The predicted octanol–water partition coefficient (Wildman–Crippen LogP) is 3.07. The van der Waals surface area contributed by atoms with Gasteiger partial charge in [-0.2, -0.15) is 0 Å². The Bertz CT molecular complexity index is 898. The van der Waals surface area contributed by atoms with Crippen LogP contribution in [0.1, 0.15) is 5.56 Å². The molecule has 132 valence electrons. The second-order valence-corrected chi connectivity index (χ2v) is 6.48. The summed E-state index contributed by atoms with van der Waals surface area (Å²) < 4.78 is 5.70. The molecule has 26 heavy (non-hydrogen) atoms. The number of hydrogen-bond donors (Lipinski definition) is 1. The molecule has 0 aliphatic carbocycles. The van der Waals surface area contributed by atoms with E-state index in [2.05, 4.69) is 27.3 Å². The van der Waals surface area contributed by atoms with Crippen LogP contribution in [0.25, 0.3) is 10.9 Å². The number of nitrogens with zero attached hydrogens (tertiary/aromatic N) is 2. The molecule has 2 aromatic carbocycles. The molecule has 0 saturated carbocycles. The predicted molar refractivity (Wildman–Crippen MR) is 102 cm³/mol. The van der Waals surface area contributed by atoms with E-state index in [4.69, 9.17) is 4.74 Å². The number of fused-ring (bicyclic) bond motifs is 1. The van der Waals surface area contributed by atoms with Gasteiger partial charge in [0.05, 0.1) is 12.1 Å². The molecule has 1 atom stereocenters. The maximum Gasteiger partial charge on any atom is 0.254 e. The number of pyridine rings is 1. The van der Waals surface area contributed by atoms with Crippen LogP contribution in [0.15, 0.2) is 66.9 Å². The van der Waals surface area contributed by atoms with Gasteiger partial charge in [-0.1, -0.05) is 36.4 Å². The Labute approximate surface area is 152 Å². The van der Waals surface area contributed by atoms with Gasteiger partial charge < -0.3 is 10.1 Å². The van der Waals surface area contributed by atoms with Gasteiger partial charge in [0.25, 0.3) is 5.91 Å².